The Bertz CT molecular complexity index is 876. The van der Waals surface area contributed by atoms with Crippen LogP contribution >= 0.6 is 11.6 Å². The number of halogens is 2. The number of fused-ring (bicyclic) bond motifs is 3. The van der Waals surface area contributed by atoms with Crippen LogP contribution in [0.2, 0.25) is 5.28 Å². The van der Waals surface area contributed by atoms with Gasteiger partial charge in [0.15, 0.2) is 11.6 Å². The molecule has 0 amide bonds. The van der Waals surface area contributed by atoms with E-state index in [0.717, 1.165) is 28.7 Å². The number of nitrogens with zero attached hydrogens (tertiary/aromatic N) is 5. The highest BCUT2D eigenvalue weighted by molar-refractivity contribution is 6.28. The summed E-state index contributed by atoms with van der Waals surface area (Å²) in [5.41, 5.74) is 3.96. The molecule has 7 heteroatoms. The lowest BCUT2D eigenvalue weighted by Crippen LogP contribution is -2.20. The number of aromatic nitrogens is 4. The van der Waals surface area contributed by atoms with Crippen molar-refractivity contribution in [2.75, 3.05) is 11.9 Å². The molecule has 2 aromatic heterocycles. The SMILES string of the molecule is CN1Cc2cn(-c3nc(Cl)ncc3F)nc2-c2ccccc21. The predicted molar refractivity (Wildman–Crippen MR) is 81.7 cm³/mol. The van der Waals surface area contributed by atoms with Crippen molar-refractivity contribution in [3.63, 3.8) is 0 Å². The van der Waals surface area contributed by atoms with Gasteiger partial charge >= 0.3 is 0 Å². The highest BCUT2D eigenvalue weighted by atomic mass is 35.5. The molecule has 5 nitrogen and oxygen atoms in total. The summed E-state index contributed by atoms with van der Waals surface area (Å²) in [6.07, 6.45) is 2.83. The van der Waals surface area contributed by atoms with Gasteiger partial charge in [0.05, 0.1) is 11.9 Å². The largest absolute Gasteiger partial charge is 0.370 e. The molecule has 0 saturated heterocycles. The van der Waals surface area contributed by atoms with Crippen LogP contribution in [0.15, 0.2) is 36.7 Å². The lowest BCUT2D eigenvalue weighted by molar-refractivity contribution is 0.593. The standard InChI is InChI=1S/C15H11ClFN5/c1-21-7-9-8-22(14-11(17)6-18-15(16)19-14)20-13(9)10-4-2-3-5-12(10)21/h2-6,8H,7H2,1H3. The van der Waals surface area contributed by atoms with Crippen molar-refractivity contribution in [1.82, 2.24) is 19.7 Å². The monoisotopic (exact) mass is 315 g/mol. The van der Waals surface area contributed by atoms with Crippen LogP contribution in [0.5, 0.6) is 0 Å². The van der Waals surface area contributed by atoms with E-state index in [1.165, 1.54) is 4.68 Å². The molecule has 0 atom stereocenters. The third-order valence-electron chi connectivity index (χ3n) is 3.68. The molecule has 0 bridgehead atoms. The lowest BCUT2D eigenvalue weighted by atomic mass is 10.0. The number of anilines is 1. The van der Waals surface area contributed by atoms with Crippen molar-refractivity contribution >= 4 is 17.3 Å². The lowest BCUT2D eigenvalue weighted by Gasteiger charge is -2.26. The van der Waals surface area contributed by atoms with Gasteiger partial charge in [0, 0.05) is 36.6 Å². The van der Waals surface area contributed by atoms with Crippen LogP contribution < -0.4 is 4.90 Å². The third kappa shape index (κ3) is 1.95. The van der Waals surface area contributed by atoms with E-state index in [2.05, 4.69) is 20.0 Å². The van der Waals surface area contributed by atoms with E-state index in [0.29, 0.717) is 6.54 Å². The minimum atomic E-state index is -0.564. The van der Waals surface area contributed by atoms with Crippen LogP contribution in [0.4, 0.5) is 10.1 Å². The summed E-state index contributed by atoms with van der Waals surface area (Å²) in [4.78, 5) is 9.68. The van der Waals surface area contributed by atoms with Gasteiger partial charge in [-0.1, -0.05) is 18.2 Å². The smallest absolute Gasteiger partial charge is 0.224 e. The molecule has 0 fully saturated rings. The molecule has 1 aromatic carbocycles. The minimum absolute atomic E-state index is 0.0117. The molecule has 3 aromatic rings. The summed E-state index contributed by atoms with van der Waals surface area (Å²) >= 11 is 5.76. The molecule has 3 heterocycles. The Kier molecular flexibility index (Phi) is 2.87. The van der Waals surface area contributed by atoms with E-state index in [9.17, 15) is 4.39 Å². The van der Waals surface area contributed by atoms with Crippen molar-refractivity contribution in [2.45, 2.75) is 6.54 Å². The van der Waals surface area contributed by atoms with Crippen molar-refractivity contribution in [3.8, 4) is 17.1 Å². The van der Waals surface area contributed by atoms with Crippen LogP contribution in [0.3, 0.4) is 0 Å². The first-order chi connectivity index (χ1) is 10.6. The molecule has 0 N–H and O–H groups in total. The van der Waals surface area contributed by atoms with Crippen LogP contribution in [0.25, 0.3) is 17.1 Å². The number of rotatable bonds is 1. The molecule has 0 spiro atoms. The third-order valence-corrected chi connectivity index (χ3v) is 3.86. The van der Waals surface area contributed by atoms with Crippen molar-refractivity contribution in [1.29, 1.82) is 0 Å². The Labute approximate surface area is 131 Å². The van der Waals surface area contributed by atoms with Gasteiger partial charge in [-0.25, -0.2) is 14.1 Å². The molecule has 0 radical (unpaired) electrons. The highest BCUT2D eigenvalue weighted by Crippen LogP contribution is 2.37. The van der Waals surface area contributed by atoms with Crippen molar-refractivity contribution < 1.29 is 4.39 Å². The van der Waals surface area contributed by atoms with E-state index in [-0.39, 0.29) is 11.1 Å². The maximum atomic E-state index is 13.9. The molecular weight excluding hydrogens is 305 g/mol. The Balaban J connectivity index is 1.90. The summed E-state index contributed by atoms with van der Waals surface area (Å²) in [7, 11) is 2.02. The molecule has 1 aliphatic heterocycles. The zero-order valence-electron chi connectivity index (χ0n) is 11.7. The van der Waals surface area contributed by atoms with E-state index >= 15 is 0 Å². The number of hydrogen-bond donors (Lipinski definition) is 0. The second-order valence-corrected chi connectivity index (χ2v) is 5.47. The number of para-hydroxylation sites is 1. The zero-order chi connectivity index (χ0) is 15.3. The second kappa shape index (κ2) is 4.78. The molecule has 22 heavy (non-hydrogen) atoms. The Morgan fingerprint density at radius 3 is 2.95 bits per heavy atom. The van der Waals surface area contributed by atoms with Gasteiger partial charge in [-0.15, -0.1) is 0 Å². The van der Waals surface area contributed by atoms with Crippen molar-refractivity contribution in [2.24, 2.45) is 0 Å². The first kappa shape index (κ1) is 13.2. The normalized spacial score (nSPS) is 13.0. The van der Waals surface area contributed by atoms with Gasteiger partial charge in [-0.05, 0) is 17.7 Å². The first-order valence-corrected chi connectivity index (χ1v) is 7.09. The highest BCUT2D eigenvalue weighted by Gasteiger charge is 2.24. The molecule has 0 saturated carbocycles. The fourth-order valence-corrected chi connectivity index (χ4v) is 2.83. The Morgan fingerprint density at radius 1 is 1.27 bits per heavy atom. The predicted octanol–water partition coefficient (Wildman–Crippen LogP) is 3.07. The van der Waals surface area contributed by atoms with E-state index in [1.807, 2.05) is 31.3 Å². The fraction of sp³-hybridized carbons (Fsp3) is 0.133. The van der Waals surface area contributed by atoms with Gasteiger partial charge in [0.2, 0.25) is 5.28 Å². The molecule has 0 unspecified atom stereocenters. The van der Waals surface area contributed by atoms with E-state index in [4.69, 9.17) is 11.6 Å². The second-order valence-electron chi connectivity index (χ2n) is 5.13. The zero-order valence-corrected chi connectivity index (χ0v) is 12.4. The summed E-state index contributed by atoms with van der Waals surface area (Å²) in [5, 5.41) is 4.49. The van der Waals surface area contributed by atoms with Gasteiger partial charge in [-0.3, -0.25) is 0 Å². The molecule has 0 aliphatic carbocycles. The fourth-order valence-electron chi connectivity index (χ4n) is 2.71. The van der Waals surface area contributed by atoms with Crippen LogP contribution in [0.1, 0.15) is 5.56 Å². The quantitative estimate of drug-likeness (QED) is 0.647. The van der Waals surface area contributed by atoms with E-state index < -0.39 is 5.82 Å². The summed E-state index contributed by atoms with van der Waals surface area (Å²) in [5.74, 6) is -0.513. The summed E-state index contributed by atoms with van der Waals surface area (Å²) in [6.45, 7) is 0.701. The van der Waals surface area contributed by atoms with Crippen LogP contribution in [-0.2, 0) is 6.54 Å². The van der Waals surface area contributed by atoms with Crippen LogP contribution in [0, 0.1) is 5.82 Å². The maximum Gasteiger partial charge on any atom is 0.224 e. The van der Waals surface area contributed by atoms with Gasteiger partial charge in [0.1, 0.15) is 0 Å². The number of benzene rings is 1. The topological polar surface area (TPSA) is 46.8 Å². The first-order valence-electron chi connectivity index (χ1n) is 6.71. The molecule has 110 valence electrons. The molecular formula is C15H11ClFN5. The average molecular weight is 316 g/mol. The minimum Gasteiger partial charge on any atom is -0.370 e. The maximum absolute atomic E-state index is 13.9. The van der Waals surface area contributed by atoms with Crippen LogP contribution in [-0.4, -0.2) is 26.8 Å². The van der Waals surface area contributed by atoms with Crippen molar-refractivity contribution in [3.05, 3.63) is 53.3 Å². The summed E-state index contributed by atoms with van der Waals surface area (Å²) in [6, 6.07) is 7.99. The van der Waals surface area contributed by atoms with Gasteiger partial charge in [-0.2, -0.15) is 10.1 Å². The number of hydrogen-bond acceptors (Lipinski definition) is 4. The summed E-state index contributed by atoms with van der Waals surface area (Å²) < 4.78 is 15.4. The molecule has 4 rings (SSSR count). The van der Waals surface area contributed by atoms with Gasteiger partial charge in [0.25, 0.3) is 0 Å². The Hall–Kier alpha value is -2.47. The van der Waals surface area contributed by atoms with Gasteiger partial charge < -0.3 is 4.90 Å². The average Bonchev–Trinajstić information content (AvgIpc) is 2.94. The molecule has 1 aliphatic rings. The Morgan fingerprint density at radius 2 is 2.09 bits per heavy atom. The van der Waals surface area contributed by atoms with E-state index in [1.54, 1.807) is 6.20 Å².